The molecule has 0 fully saturated rings. The molecule has 0 radical (unpaired) electrons. The van der Waals surface area contributed by atoms with Gasteiger partial charge in [0.2, 0.25) is 0 Å². The van der Waals surface area contributed by atoms with E-state index in [9.17, 15) is 0 Å². The Morgan fingerprint density at radius 1 is 1.17 bits per heavy atom. The van der Waals surface area contributed by atoms with Crippen molar-refractivity contribution in [1.29, 1.82) is 0 Å². The first-order valence-corrected chi connectivity index (χ1v) is 4.25. The van der Waals surface area contributed by atoms with Crippen molar-refractivity contribution in [2.75, 3.05) is 5.73 Å². The van der Waals surface area contributed by atoms with Gasteiger partial charge in [-0.05, 0) is 6.07 Å². The van der Waals surface area contributed by atoms with E-state index in [2.05, 4.69) is 0 Å². The standard InChI is InChI=1S/C8H7NO2S/c9-5-3-12-8-2-7(11)6(10)1-4(5)8/h1-3,10-11H,9H2. The highest BCUT2D eigenvalue weighted by atomic mass is 32.1. The van der Waals surface area contributed by atoms with Crippen molar-refractivity contribution in [2.45, 2.75) is 0 Å². The van der Waals surface area contributed by atoms with Crippen LogP contribution in [0.4, 0.5) is 5.69 Å². The van der Waals surface area contributed by atoms with Crippen LogP contribution < -0.4 is 5.73 Å². The van der Waals surface area contributed by atoms with Crippen LogP contribution in [0.15, 0.2) is 17.5 Å². The van der Waals surface area contributed by atoms with Crippen molar-refractivity contribution >= 4 is 27.1 Å². The van der Waals surface area contributed by atoms with E-state index in [1.807, 2.05) is 0 Å². The van der Waals surface area contributed by atoms with Crippen molar-refractivity contribution in [2.24, 2.45) is 0 Å². The van der Waals surface area contributed by atoms with Gasteiger partial charge in [0.05, 0.1) is 5.69 Å². The van der Waals surface area contributed by atoms with Crippen LogP contribution in [0.25, 0.3) is 10.1 Å². The van der Waals surface area contributed by atoms with Gasteiger partial charge in [-0.2, -0.15) is 0 Å². The van der Waals surface area contributed by atoms with Crippen LogP contribution in [0, 0.1) is 0 Å². The summed E-state index contributed by atoms with van der Waals surface area (Å²) in [6.07, 6.45) is 0. The number of fused-ring (bicyclic) bond motifs is 1. The van der Waals surface area contributed by atoms with Gasteiger partial charge < -0.3 is 15.9 Å². The minimum absolute atomic E-state index is 0.107. The molecule has 0 bridgehead atoms. The average molecular weight is 181 g/mol. The molecule has 3 nitrogen and oxygen atoms in total. The summed E-state index contributed by atoms with van der Waals surface area (Å²) < 4.78 is 0.878. The van der Waals surface area contributed by atoms with E-state index in [1.54, 1.807) is 5.38 Å². The Kier molecular flexibility index (Phi) is 1.38. The molecule has 2 rings (SSSR count). The molecular weight excluding hydrogens is 174 g/mol. The number of hydrogen-bond acceptors (Lipinski definition) is 4. The second-order valence-electron chi connectivity index (χ2n) is 2.53. The fourth-order valence-corrected chi connectivity index (χ4v) is 1.94. The molecule has 1 aromatic carbocycles. The third-order valence-electron chi connectivity index (χ3n) is 1.70. The van der Waals surface area contributed by atoms with Gasteiger partial charge in [-0.15, -0.1) is 11.3 Å². The number of benzene rings is 1. The number of thiophene rings is 1. The van der Waals surface area contributed by atoms with Crippen molar-refractivity contribution in [1.82, 2.24) is 0 Å². The van der Waals surface area contributed by atoms with Crippen LogP contribution in [0.3, 0.4) is 0 Å². The quantitative estimate of drug-likeness (QED) is 0.544. The van der Waals surface area contributed by atoms with E-state index in [4.69, 9.17) is 15.9 Å². The monoisotopic (exact) mass is 181 g/mol. The number of hydrogen-bond donors (Lipinski definition) is 3. The first kappa shape index (κ1) is 7.24. The number of phenolic OH excluding ortho intramolecular Hbond substituents is 2. The Morgan fingerprint density at radius 3 is 2.58 bits per heavy atom. The predicted octanol–water partition coefficient (Wildman–Crippen LogP) is 1.89. The van der Waals surface area contributed by atoms with Gasteiger partial charge in [-0.25, -0.2) is 0 Å². The van der Waals surface area contributed by atoms with Crippen molar-refractivity contribution < 1.29 is 10.2 Å². The van der Waals surface area contributed by atoms with Crippen molar-refractivity contribution in [3.8, 4) is 11.5 Å². The lowest BCUT2D eigenvalue weighted by atomic mass is 10.2. The Balaban J connectivity index is 2.87. The fourth-order valence-electron chi connectivity index (χ4n) is 1.07. The van der Waals surface area contributed by atoms with Gasteiger partial charge in [0.15, 0.2) is 11.5 Å². The summed E-state index contributed by atoms with van der Waals surface area (Å²) in [6.45, 7) is 0. The molecule has 0 aliphatic rings. The highest BCUT2D eigenvalue weighted by Crippen LogP contribution is 2.36. The average Bonchev–Trinajstić information content (AvgIpc) is 2.35. The van der Waals surface area contributed by atoms with Crippen LogP contribution in [0.1, 0.15) is 0 Å². The molecule has 1 heterocycles. The minimum atomic E-state index is -0.132. The van der Waals surface area contributed by atoms with Crippen LogP contribution in [-0.2, 0) is 0 Å². The molecule has 12 heavy (non-hydrogen) atoms. The third-order valence-corrected chi connectivity index (χ3v) is 2.66. The van der Waals surface area contributed by atoms with Gasteiger partial charge in [-0.3, -0.25) is 0 Å². The van der Waals surface area contributed by atoms with Gasteiger partial charge in [0.1, 0.15) is 0 Å². The molecule has 0 aliphatic heterocycles. The molecule has 0 aliphatic carbocycles. The SMILES string of the molecule is Nc1csc2cc(O)c(O)cc12. The number of phenols is 2. The number of aromatic hydroxyl groups is 2. The van der Waals surface area contributed by atoms with E-state index in [0.717, 1.165) is 10.1 Å². The highest BCUT2D eigenvalue weighted by Gasteiger charge is 2.05. The smallest absolute Gasteiger partial charge is 0.158 e. The first-order valence-electron chi connectivity index (χ1n) is 3.37. The molecule has 0 spiro atoms. The molecule has 1 aromatic heterocycles. The zero-order valence-corrected chi connectivity index (χ0v) is 6.93. The maximum absolute atomic E-state index is 9.16. The lowest BCUT2D eigenvalue weighted by molar-refractivity contribution is 0.405. The molecule has 0 amide bonds. The lowest BCUT2D eigenvalue weighted by Crippen LogP contribution is -1.79. The Morgan fingerprint density at radius 2 is 1.83 bits per heavy atom. The Labute approximate surface area is 72.7 Å². The normalized spacial score (nSPS) is 10.7. The number of nitrogen functional groups attached to an aromatic ring is 1. The van der Waals surface area contributed by atoms with Crippen LogP contribution in [0.2, 0.25) is 0 Å². The summed E-state index contributed by atoms with van der Waals surface area (Å²) in [7, 11) is 0. The van der Waals surface area contributed by atoms with Crippen LogP contribution in [-0.4, -0.2) is 10.2 Å². The number of anilines is 1. The zero-order chi connectivity index (χ0) is 8.72. The van der Waals surface area contributed by atoms with E-state index < -0.39 is 0 Å². The number of nitrogens with two attached hydrogens (primary N) is 1. The molecule has 4 N–H and O–H groups in total. The Hall–Kier alpha value is -1.42. The second-order valence-corrected chi connectivity index (χ2v) is 3.44. The van der Waals surface area contributed by atoms with E-state index in [1.165, 1.54) is 23.5 Å². The lowest BCUT2D eigenvalue weighted by Gasteiger charge is -1.97. The summed E-state index contributed by atoms with van der Waals surface area (Å²) in [4.78, 5) is 0. The van der Waals surface area contributed by atoms with E-state index in [0.29, 0.717) is 5.69 Å². The van der Waals surface area contributed by atoms with E-state index >= 15 is 0 Å². The topological polar surface area (TPSA) is 66.5 Å². The molecule has 4 heteroatoms. The summed E-state index contributed by atoms with van der Waals surface area (Å²) in [5.41, 5.74) is 6.24. The fraction of sp³-hybridized carbons (Fsp3) is 0. The summed E-state index contributed by atoms with van der Waals surface area (Å²) in [5, 5.41) is 20.9. The maximum Gasteiger partial charge on any atom is 0.158 e. The summed E-state index contributed by atoms with van der Waals surface area (Å²) in [5.74, 6) is -0.239. The molecule has 62 valence electrons. The highest BCUT2D eigenvalue weighted by molar-refractivity contribution is 7.17. The summed E-state index contributed by atoms with van der Waals surface area (Å²) >= 11 is 1.44. The molecule has 0 saturated heterocycles. The predicted molar refractivity (Wildman–Crippen MR) is 49.6 cm³/mol. The van der Waals surface area contributed by atoms with Gasteiger partial charge in [0.25, 0.3) is 0 Å². The van der Waals surface area contributed by atoms with Crippen molar-refractivity contribution in [3.05, 3.63) is 17.5 Å². The van der Waals surface area contributed by atoms with E-state index in [-0.39, 0.29) is 11.5 Å². The van der Waals surface area contributed by atoms with Gasteiger partial charge in [0, 0.05) is 21.5 Å². The second kappa shape index (κ2) is 2.28. The molecule has 0 saturated carbocycles. The molecule has 2 aromatic rings. The largest absolute Gasteiger partial charge is 0.504 e. The minimum Gasteiger partial charge on any atom is -0.504 e. The van der Waals surface area contributed by atoms with Gasteiger partial charge >= 0.3 is 0 Å². The summed E-state index contributed by atoms with van der Waals surface area (Å²) in [6, 6.07) is 2.97. The number of rotatable bonds is 0. The van der Waals surface area contributed by atoms with Crippen molar-refractivity contribution in [3.63, 3.8) is 0 Å². The van der Waals surface area contributed by atoms with Gasteiger partial charge in [-0.1, -0.05) is 0 Å². The molecule has 0 unspecified atom stereocenters. The zero-order valence-electron chi connectivity index (χ0n) is 6.11. The molecular formula is C8H7NO2S. The van der Waals surface area contributed by atoms with Crippen LogP contribution >= 0.6 is 11.3 Å². The maximum atomic E-state index is 9.16. The van der Waals surface area contributed by atoms with Crippen LogP contribution in [0.5, 0.6) is 11.5 Å². The Bertz CT molecular complexity index is 436. The molecule has 0 atom stereocenters. The third kappa shape index (κ3) is 0.887. The first-order chi connectivity index (χ1) is 5.68.